The van der Waals surface area contributed by atoms with Crippen LogP contribution in [0.5, 0.6) is 5.75 Å². The molecule has 126 valence electrons. The SMILES string of the molecule is O=C(COc1cc(Cl)cc(Cl)c1)N(C1CC1)[C@H]1CCS(=O)(=O)C1. The number of carbonyl (C=O) groups excluding carboxylic acids is 1. The van der Waals surface area contributed by atoms with E-state index in [9.17, 15) is 13.2 Å². The number of hydrogen-bond acceptors (Lipinski definition) is 4. The highest BCUT2D eigenvalue weighted by Crippen LogP contribution is 2.32. The molecular formula is C15H17Cl2NO4S. The summed E-state index contributed by atoms with van der Waals surface area (Å²) in [7, 11) is -3.03. The Balaban J connectivity index is 1.65. The van der Waals surface area contributed by atoms with Crippen LogP contribution in [0, 0.1) is 0 Å². The molecule has 1 aliphatic carbocycles. The zero-order chi connectivity index (χ0) is 16.6. The van der Waals surface area contributed by atoms with Crippen molar-refractivity contribution in [2.75, 3.05) is 18.1 Å². The summed E-state index contributed by atoms with van der Waals surface area (Å²) in [6.07, 6.45) is 2.35. The van der Waals surface area contributed by atoms with Crippen LogP contribution in [0.2, 0.25) is 10.0 Å². The molecule has 0 bridgehead atoms. The van der Waals surface area contributed by atoms with Crippen LogP contribution >= 0.6 is 23.2 Å². The highest BCUT2D eigenvalue weighted by molar-refractivity contribution is 7.91. The number of sulfone groups is 1. The number of halogens is 2. The van der Waals surface area contributed by atoms with E-state index in [0.717, 1.165) is 12.8 Å². The number of benzene rings is 1. The Bertz CT molecular complexity index is 698. The van der Waals surface area contributed by atoms with Crippen molar-refractivity contribution < 1.29 is 17.9 Å². The summed E-state index contributed by atoms with van der Waals surface area (Å²) >= 11 is 11.8. The molecule has 2 fully saturated rings. The summed E-state index contributed by atoms with van der Waals surface area (Å²) in [5, 5.41) is 0.863. The Labute approximate surface area is 145 Å². The first kappa shape index (κ1) is 16.9. The van der Waals surface area contributed by atoms with Crippen molar-refractivity contribution in [1.82, 2.24) is 4.90 Å². The summed E-state index contributed by atoms with van der Waals surface area (Å²) in [6, 6.07) is 4.67. The van der Waals surface area contributed by atoms with Crippen molar-refractivity contribution in [1.29, 1.82) is 0 Å². The topological polar surface area (TPSA) is 63.7 Å². The smallest absolute Gasteiger partial charge is 0.261 e. The van der Waals surface area contributed by atoms with Crippen molar-refractivity contribution in [3.05, 3.63) is 28.2 Å². The predicted octanol–water partition coefficient (Wildman–Crippen LogP) is 2.55. The van der Waals surface area contributed by atoms with E-state index in [-0.39, 0.29) is 36.1 Å². The van der Waals surface area contributed by atoms with E-state index in [1.807, 2.05) is 0 Å². The second-order valence-corrected chi connectivity index (χ2v) is 9.08. The molecule has 5 nitrogen and oxygen atoms in total. The molecule has 0 unspecified atom stereocenters. The lowest BCUT2D eigenvalue weighted by molar-refractivity contribution is -0.135. The first-order valence-electron chi connectivity index (χ1n) is 7.44. The van der Waals surface area contributed by atoms with Gasteiger partial charge < -0.3 is 9.64 Å². The summed E-state index contributed by atoms with van der Waals surface area (Å²) in [6.45, 7) is -0.149. The normalized spacial score (nSPS) is 22.8. The van der Waals surface area contributed by atoms with Crippen LogP contribution in [0.4, 0.5) is 0 Å². The van der Waals surface area contributed by atoms with E-state index < -0.39 is 9.84 Å². The molecule has 1 atom stereocenters. The van der Waals surface area contributed by atoms with E-state index in [4.69, 9.17) is 27.9 Å². The molecule has 1 aromatic rings. The zero-order valence-electron chi connectivity index (χ0n) is 12.4. The van der Waals surface area contributed by atoms with Crippen molar-refractivity contribution >= 4 is 38.9 Å². The maximum absolute atomic E-state index is 12.5. The van der Waals surface area contributed by atoms with Gasteiger partial charge >= 0.3 is 0 Å². The summed E-state index contributed by atoms with van der Waals surface area (Å²) in [5.41, 5.74) is 0. The molecule has 1 amide bonds. The standard InChI is InChI=1S/C15H17Cl2NO4S/c16-10-5-11(17)7-14(6-10)22-8-15(19)18(12-1-2-12)13-3-4-23(20,21)9-13/h5-7,12-13H,1-4,8-9H2/t13-/m0/s1. The number of ether oxygens (including phenoxy) is 1. The number of nitrogens with zero attached hydrogens (tertiary/aromatic N) is 1. The molecule has 23 heavy (non-hydrogen) atoms. The van der Waals surface area contributed by atoms with Gasteiger partial charge in [0, 0.05) is 22.1 Å². The predicted molar refractivity (Wildman–Crippen MR) is 88.9 cm³/mol. The summed E-state index contributed by atoms with van der Waals surface area (Å²) in [4.78, 5) is 14.2. The van der Waals surface area contributed by atoms with Crippen molar-refractivity contribution in [2.24, 2.45) is 0 Å². The van der Waals surface area contributed by atoms with Crippen molar-refractivity contribution in [2.45, 2.75) is 31.3 Å². The van der Waals surface area contributed by atoms with Gasteiger partial charge in [-0.3, -0.25) is 4.79 Å². The molecule has 2 aliphatic rings. The number of carbonyl (C=O) groups is 1. The fraction of sp³-hybridized carbons (Fsp3) is 0.533. The highest BCUT2D eigenvalue weighted by atomic mass is 35.5. The van der Waals surface area contributed by atoms with Crippen LogP contribution < -0.4 is 4.74 Å². The Morgan fingerprint density at radius 3 is 2.30 bits per heavy atom. The molecular weight excluding hydrogens is 361 g/mol. The van der Waals surface area contributed by atoms with Gasteiger partial charge in [-0.25, -0.2) is 8.42 Å². The van der Waals surface area contributed by atoms with Gasteiger partial charge in [-0.15, -0.1) is 0 Å². The molecule has 0 radical (unpaired) electrons. The maximum atomic E-state index is 12.5. The van der Waals surface area contributed by atoms with Crippen molar-refractivity contribution in [3.8, 4) is 5.75 Å². The van der Waals surface area contributed by atoms with Crippen LogP contribution in [0.1, 0.15) is 19.3 Å². The first-order valence-corrected chi connectivity index (χ1v) is 10.0. The van der Waals surface area contributed by atoms with Gasteiger partial charge in [0.1, 0.15) is 5.75 Å². The molecule has 0 N–H and O–H groups in total. The number of amides is 1. The zero-order valence-corrected chi connectivity index (χ0v) is 14.7. The van der Waals surface area contributed by atoms with Gasteiger partial charge in [0.25, 0.3) is 5.91 Å². The minimum atomic E-state index is -3.03. The van der Waals surface area contributed by atoms with Crippen LogP contribution in [-0.2, 0) is 14.6 Å². The van der Waals surface area contributed by atoms with Crippen LogP contribution in [-0.4, -0.2) is 49.4 Å². The van der Waals surface area contributed by atoms with Crippen LogP contribution in [0.3, 0.4) is 0 Å². The van der Waals surface area contributed by atoms with Gasteiger partial charge in [0.15, 0.2) is 16.4 Å². The molecule has 1 aliphatic heterocycles. The van der Waals surface area contributed by atoms with Crippen LogP contribution in [0.25, 0.3) is 0 Å². The maximum Gasteiger partial charge on any atom is 0.261 e. The van der Waals surface area contributed by atoms with Crippen molar-refractivity contribution in [3.63, 3.8) is 0 Å². The monoisotopic (exact) mass is 377 g/mol. The second-order valence-electron chi connectivity index (χ2n) is 5.98. The summed E-state index contributed by atoms with van der Waals surface area (Å²) < 4.78 is 28.8. The van der Waals surface area contributed by atoms with E-state index in [1.54, 1.807) is 23.1 Å². The molecule has 0 aromatic heterocycles. The molecule has 3 rings (SSSR count). The van der Waals surface area contributed by atoms with Gasteiger partial charge in [-0.2, -0.15) is 0 Å². The van der Waals surface area contributed by atoms with Crippen LogP contribution in [0.15, 0.2) is 18.2 Å². The fourth-order valence-electron chi connectivity index (χ4n) is 2.88. The lowest BCUT2D eigenvalue weighted by Crippen LogP contribution is -2.45. The van der Waals surface area contributed by atoms with E-state index in [2.05, 4.69) is 0 Å². The third-order valence-corrected chi connectivity index (χ3v) is 6.22. The van der Waals surface area contributed by atoms with E-state index >= 15 is 0 Å². The van der Waals surface area contributed by atoms with Gasteiger partial charge in [0.2, 0.25) is 0 Å². The average molecular weight is 378 g/mol. The largest absolute Gasteiger partial charge is 0.484 e. The lowest BCUT2D eigenvalue weighted by atomic mass is 10.2. The van der Waals surface area contributed by atoms with Gasteiger partial charge in [0.05, 0.1) is 11.5 Å². The minimum absolute atomic E-state index is 0.0538. The molecule has 1 saturated heterocycles. The average Bonchev–Trinajstić information content (AvgIpc) is 3.20. The summed E-state index contributed by atoms with van der Waals surface area (Å²) in [5.74, 6) is 0.438. The molecule has 1 aromatic carbocycles. The quantitative estimate of drug-likeness (QED) is 0.790. The third-order valence-electron chi connectivity index (χ3n) is 4.03. The Kier molecular flexibility index (Phi) is 4.76. The Hall–Kier alpha value is -0.980. The van der Waals surface area contributed by atoms with E-state index in [1.165, 1.54) is 0 Å². The molecule has 0 spiro atoms. The lowest BCUT2D eigenvalue weighted by Gasteiger charge is -2.28. The number of rotatable bonds is 5. The first-order chi connectivity index (χ1) is 10.8. The van der Waals surface area contributed by atoms with Gasteiger partial charge in [-0.1, -0.05) is 23.2 Å². The van der Waals surface area contributed by atoms with E-state index in [0.29, 0.717) is 22.2 Å². The Morgan fingerprint density at radius 2 is 1.78 bits per heavy atom. The second kappa shape index (κ2) is 6.49. The molecule has 1 heterocycles. The molecule has 1 saturated carbocycles. The Morgan fingerprint density at radius 1 is 1.13 bits per heavy atom. The fourth-order valence-corrected chi connectivity index (χ4v) is 5.10. The molecule has 8 heteroatoms. The minimum Gasteiger partial charge on any atom is -0.484 e. The number of hydrogen-bond donors (Lipinski definition) is 0. The third kappa shape index (κ3) is 4.31. The highest BCUT2D eigenvalue weighted by Gasteiger charge is 2.42. The van der Waals surface area contributed by atoms with Gasteiger partial charge in [-0.05, 0) is 37.5 Å².